The lowest BCUT2D eigenvalue weighted by Crippen LogP contribution is -2.53. The monoisotopic (exact) mass is 329 g/mol. The fraction of sp³-hybridized carbons (Fsp3) is 0.650. The van der Waals surface area contributed by atoms with Crippen molar-refractivity contribution >= 4 is 5.91 Å². The zero-order valence-electron chi connectivity index (χ0n) is 15.3. The summed E-state index contributed by atoms with van der Waals surface area (Å²) < 4.78 is 0. The molecule has 1 amide bonds. The standard InChI is InChI=1S/C20H31N3O/c1-4-19(18-8-6-5-7-9-18)23-14-16(2)20(15-23)22-12-10-21(11-13-22)17(3)24/h5-9,16,19-20H,4,10-15H2,1-3H3/t16-,19+,20-/m0/s1. The highest BCUT2D eigenvalue weighted by atomic mass is 16.2. The quantitative estimate of drug-likeness (QED) is 0.850. The smallest absolute Gasteiger partial charge is 0.219 e. The van der Waals surface area contributed by atoms with Crippen molar-refractivity contribution in [3.63, 3.8) is 0 Å². The van der Waals surface area contributed by atoms with Crippen LogP contribution in [0, 0.1) is 5.92 Å². The second kappa shape index (κ2) is 7.66. The predicted octanol–water partition coefficient (Wildman–Crippen LogP) is 2.62. The van der Waals surface area contributed by atoms with Gasteiger partial charge in [0.2, 0.25) is 5.91 Å². The molecule has 3 atom stereocenters. The van der Waals surface area contributed by atoms with Crippen LogP contribution in [0.1, 0.15) is 38.8 Å². The highest BCUT2D eigenvalue weighted by molar-refractivity contribution is 5.73. The predicted molar refractivity (Wildman–Crippen MR) is 97.8 cm³/mol. The Balaban J connectivity index is 1.63. The van der Waals surface area contributed by atoms with Crippen LogP contribution in [0.5, 0.6) is 0 Å². The molecule has 2 aliphatic heterocycles. The highest BCUT2D eigenvalue weighted by Crippen LogP contribution is 2.32. The molecule has 2 fully saturated rings. The number of nitrogens with zero attached hydrogens (tertiary/aromatic N) is 3. The maximum Gasteiger partial charge on any atom is 0.219 e. The normalized spacial score (nSPS) is 27.4. The first-order chi connectivity index (χ1) is 11.6. The number of carbonyl (C=O) groups excluding carboxylic acids is 1. The fourth-order valence-electron chi connectivity index (χ4n) is 4.46. The Bertz CT molecular complexity index is 539. The van der Waals surface area contributed by atoms with Crippen LogP contribution in [-0.2, 0) is 4.79 Å². The van der Waals surface area contributed by atoms with Gasteiger partial charge < -0.3 is 4.90 Å². The van der Waals surface area contributed by atoms with Gasteiger partial charge in [0.05, 0.1) is 0 Å². The highest BCUT2D eigenvalue weighted by Gasteiger charge is 2.37. The van der Waals surface area contributed by atoms with Crippen LogP contribution in [0.25, 0.3) is 0 Å². The Morgan fingerprint density at radius 1 is 1.12 bits per heavy atom. The minimum atomic E-state index is 0.214. The van der Waals surface area contributed by atoms with E-state index in [1.807, 2.05) is 4.90 Å². The minimum Gasteiger partial charge on any atom is -0.340 e. The maximum absolute atomic E-state index is 11.5. The van der Waals surface area contributed by atoms with E-state index in [9.17, 15) is 4.79 Å². The van der Waals surface area contributed by atoms with Gasteiger partial charge >= 0.3 is 0 Å². The van der Waals surface area contributed by atoms with Gasteiger partial charge in [-0.05, 0) is 17.9 Å². The van der Waals surface area contributed by atoms with E-state index in [2.05, 4.69) is 54.0 Å². The third-order valence-electron chi connectivity index (χ3n) is 5.84. The number of piperazine rings is 1. The van der Waals surface area contributed by atoms with E-state index in [0.717, 1.165) is 39.1 Å². The molecule has 3 rings (SSSR count). The number of amides is 1. The van der Waals surface area contributed by atoms with Gasteiger partial charge in [0.25, 0.3) is 0 Å². The molecule has 132 valence electrons. The molecule has 0 unspecified atom stereocenters. The average molecular weight is 329 g/mol. The molecular weight excluding hydrogens is 298 g/mol. The van der Waals surface area contributed by atoms with Crippen molar-refractivity contribution in [1.29, 1.82) is 0 Å². The summed E-state index contributed by atoms with van der Waals surface area (Å²) in [4.78, 5) is 18.8. The van der Waals surface area contributed by atoms with Crippen LogP contribution in [0.15, 0.2) is 30.3 Å². The largest absolute Gasteiger partial charge is 0.340 e. The summed E-state index contributed by atoms with van der Waals surface area (Å²) in [5.74, 6) is 0.900. The van der Waals surface area contributed by atoms with E-state index in [4.69, 9.17) is 0 Å². The molecule has 0 saturated carbocycles. The Labute approximate surface area is 146 Å². The summed E-state index contributed by atoms with van der Waals surface area (Å²) >= 11 is 0. The van der Waals surface area contributed by atoms with Gasteiger partial charge in [-0.3, -0.25) is 14.6 Å². The Hall–Kier alpha value is -1.39. The number of hydrogen-bond donors (Lipinski definition) is 0. The van der Waals surface area contributed by atoms with Crippen molar-refractivity contribution < 1.29 is 4.79 Å². The molecule has 0 N–H and O–H groups in total. The molecule has 0 aromatic heterocycles. The zero-order chi connectivity index (χ0) is 17.1. The zero-order valence-corrected chi connectivity index (χ0v) is 15.3. The second-order valence-corrected chi connectivity index (χ2v) is 7.38. The molecule has 1 aromatic rings. The number of likely N-dealkylation sites (tertiary alicyclic amines) is 1. The molecule has 4 heteroatoms. The summed E-state index contributed by atoms with van der Waals surface area (Å²) in [5, 5.41) is 0. The van der Waals surface area contributed by atoms with Gasteiger partial charge in [0, 0.05) is 58.3 Å². The lowest BCUT2D eigenvalue weighted by molar-refractivity contribution is -0.130. The lowest BCUT2D eigenvalue weighted by Gasteiger charge is -2.39. The summed E-state index contributed by atoms with van der Waals surface area (Å²) in [5.41, 5.74) is 1.44. The van der Waals surface area contributed by atoms with Crippen molar-refractivity contribution in [2.75, 3.05) is 39.3 Å². The molecule has 2 heterocycles. The van der Waals surface area contributed by atoms with Gasteiger partial charge in [-0.2, -0.15) is 0 Å². The van der Waals surface area contributed by atoms with Gasteiger partial charge in [0.15, 0.2) is 0 Å². The molecule has 0 radical (unpaired) electrons. The molecule has 0 bridgehead atoms. The Morgan fingerprint density at radius 2 is 1.79 bits per heavy atom. The van der Waals surface area contributed by atoms with Crippen molar-refractivity contribution in [2.24, 2.45) is 5.92 Å². The SMILES string of the molecule is CC[C@H](c1ccccc1)N1C[C@H](C)[C@@H](N2CCN(C(C)=O)CC2)C1. The molecule has 2 aliphatic rings. The Kier molecular flexibility index (Phi) is 5.57. The van der Waals surface area contributed by atoms with E-state index in [-0.39, 0.29) is 5.91 Å². The number of benzene rings is 1. The fourth-order valence-corrected chi connectivity index (χ4v) is 4.46. The average Bonchev–Trinajstić information content (AvgIpc) is 2.98. The topological polar surface area (TPSA) is 26.8 Å². The molecule has 2 saturated heterocycles. The number of hydrogen-bond acceptors (Lipinski definition) is 3. The van der Waals surface area contributed by atoms with Gasteiger partial charge in [-0.15, -0.1) is 0 Å². The van der Waals surface area contributed by atoms with E-state index in [1.54, 1.807) is 6.92 Å². The van der Waals surface area contributed by atoms with Crippen LogP contribution in [-0.4, -0.2) is 65.9 Å². The van der Waals surface area contributed by atoms with E-state index in [1.165, 1.54) is 12.1 Å². The third-order valence-corrected chi connectivity index (χ3v) is 5.84. The molecule has 24 heavy (non-hydrogen) atoms. The van der Waals surface area contributed by atoms with E-state index >= 15 is 0 Å². The van der Waals surface area contributed by atoms with Crippen LogP contribution in [0.4, 0.5) is 0 Å². The van der Waals surface area contributed by atoms with Crippen molar-refractivity contribution in [1.82, 2.24) is 14.7 Å². The summed E-state index contributed by atoms with van der Waals surface area (Å²) in [6, 6.07) is 12.1. The van der Waals surface area contributed by atoms with Crippen molar-refractivity contribution in [3.8, 4) is 0 Å². The molecule has 0 aliphatic carbocycles. The summed E-state index contributed by atoms with van der Waals surface area (Å²) in [6.45, 7) is 12.5. The van der Waals surface area contributed by atoms with Gasteiger partial charge in [0.1, 0.15) is 0 Å². The first-order valence-electron chi connectivity index (χ1n) is 9.38. The van der Waals surface area contributed by atoms with Gasteiger partial charge in [-0.25, -0.2) is 0 Å². The molecular formula is C20H31N3O. The maximum atomic E-state index is 11.5. The van der Waals surface area contributed by atoms with Crippen LogP contribution in [0.2, 0.25) is 0 Å². The van der Waals surface area contributed by atoms with Crippen LogP contribution in [0.3, 0.4) is 0 Å². The minimum absolute atomic E-state index is 0.214. The number of carbonyl (C=O) groups is 1. The van der Waals surface area contributed by atoms with Gasteiger partial charge in [-0.1, -0.05) is 44.2 Å². The number of rotatable bonds is 4. The van der Waals surface area contributed by atoms with E-state index in [0.29, 0.717) is 18.0 Å². The van der Waals surface area contributed by atoms with Crippen molar-refractivity contribution in [3.05, 3.63) is 35.9 Å². The summed E-state index contributed by atoms with van der Waals surface area (Å²) in [7, 11) is 0. The van der Waals surface area contributed by atoms with Crippen LogP contribution >= 0.6 is 0 Å². The lowest BCUT2D eigenvalue weighted by atomic mass is 10.0. The van der Waals surface area contributed by atoms with Crippen LogP contribution < -0.4 is 0 Å². The second-order valence-electron chi connectivity index (χ2n) is 7.38. The van der Waals surface area contributed by atoms with Crippen molar-refractivity contribution in [2.45, 2.75) is 39.3 Å². The summed E-state index contributed by atoms with van der Waals surface area (Å²) in [6.07, 6.45) is 1.15. The Morgan fingerprint density at radius 3 is 2.38 bits per heavy atom. The third kappa shape index (κ3) is 3.65. The molecule has 1 aromatic carbocycles. The molecule has 4 nitrogen and oxygen atoms in total. The first kappa shape index (κ1) is 17.4. The molecule has 0 spiro atoms. The van der Waals surface area contributed by atoms with E-state index < -0.39 is 0 Å². The first-order valence-corrected chi connectivity index (χ1v) is 9.38.